The Labute approximate surface area is 165 Å². The Kier molecular flexibility index (Phi) is 15.0. The highest BCUT2D eigenvalue weighted by Crippen LogP contribution is 2.08. The van der Waals surface area contributed by atoms with Crippen molar-refractivity contribution in [1.82, 2.24) is 4.98 Å². The lowest BCUT2D eigenvalue weighted by Crippen LogP contribution is -2.04. The normalized spacial score (nSPS) is 11.4. The predicted octanol–water partition coefficient (Wildman–Crippen LogP) is 6.94. The Hall–Kier alpha value is -1.90. The highest BCUT2D eigenvalue weighted by Gasteiger charge is 2.02. The molecule has 27 heavy (non-hydrogen) atoms. The molecule has 0 amide bonds. The number of esters is 1. The van der Waals surface area contributed by atoms with Crippen LogP contribution in [-0.2, 0) is 16.1 Å². The van der Waals surface area contributed by atoms with Crippen molar-refractivity contribution in [2.45, 2.75) is 90.6 Å². The molecule has 1 heterocycles. The van der Waals surface area contributed by atoms with Crippen LogP contribution >= 0.6 is 0 Å². The number of carbonyl (C=O) groups excluding carboxylic acids is 1. The molecule has 1 aromatic rings. The summed E-state index contributed by atoms with van der Waals surface area (Å²) in [5.74, 6) is -0.134. The van der Waals surface area contributed by atoms with Crippen molar-refractivity contribution in [3.8, 4) is 0 Å². The quantitative estimate of drug-likeness (QED) is 0.179. The number of unbranched alkanes of at least 4 members (excludes halogenated alkanes) is 8. The van der Waals surface area contributed by atoms with Gasteiger partial charge in [0.25, 0.3) is 0 Å². The summed E-state index contributed by atoms with van der Waals surface area (Å²) in [7, 11) is 0. The second-order valence-electron chi connectivity index (χ2n) is 6.99. The number of nitrogens with zero attached hydrogens (tertiary/aromatic N) is 1. The molecule has 0 spiro atoms. The number of hydrogen-bond acceptors (Lipinski definition) is 3. The van der Waals surface area contributed by atoms with Crippen LogP contribution in [0.4, 0.5) is 0 Å². The zero-order chi connectivity index (χ0) is 19.4. The smallest absolute Gasteiger partial charge is 0.306 e. The lowest BCUT2D eigenvalue weighted by Gasteiger charge is -2.03. The van der Waals surface area contributed by atoms with Crippen LogP contribution in [0, 0.1) is 0 Å². The number of aromatic nitrogens is 1. The number of rotatable bonds is 16. The lowest BCUT2D eigenvalue weighted by molar-refractivity contribution is -0.145. The third kappa shape index (κ3) is 14.9. The van der Waals surface area contributed by atoms with Gasteiger partial charge < -0.3 is 4.74 Å². The molecule has 1 rings (SSSR count). The molecule has 0 aliphatic carbocycles. The van der Waals surface area contributed by atoms with E-state index in [4.69, 9.17) is 4.74 Å². The second kappa shape index (κ2) is 17.5. The van der Waals surface area contributed by atoms with Crippen molar-refractivity contribution in [2.75, 3.05) is 0 Å². The molecule has 0 saturated carbocycles. The van der Waals surface area contributed by atoms with E-state index in [0.717, 1.165) is 31.2 Å². The summed E-state index contributed by atoms with van der Waals surface area (Å²) >= 11 is 0. The number of pyridine rings is 1. The number of ether oxygens (including phenoxy) is 1. The highest BCUT2D eigenvalue weighted by molar-refractivity contribution is 5.69. The van der Waals surface area contributed by atoms with Gasteiger partial charge >= 0.3 is 5.97 Å². The molecule has 3 heteroatoms. The van der Waals surface area contributed by atoms with Gasteiger partial charge in [-0.3, -0.25) is 9.78 Å². The Balaban J connectivity index is 1.88. The van der Waals surface area contributed by atoms with Gasteiger partial charge in [0.05, 0.1) is 0 Å². The van der Waals surface area contributed by atoms with Crippen molar-refractivity contribution in [3.63, 3.8) is 0 Å². The first-order chi connectivity index (χ1) is 13.3. The maximum atomic E-state index is 11.7. The van der Waals surface area contributed by atoms with E-state index < -0.39 is 0 Å². The van der Waals surface area contributed by atoms with Crippen LogP contribution in [-0.4, -0.2) is 11.0 Å². The molecule has 1 aromatic heterocycles. The van der Waals surface area contributed by atoms with E-state index in [1.54, 1.807) is 12.4 Å². The van der Waals surface area contributed by atoms with Crippen LogP contribution in [0.3, 0.4) is 0 Å². The first-order valence-corrected chi connectivity index (χ1v) is 10.7. The molecule has 0 atom stereocenters. The number of allylic oxidation sites excluding steroid dienone is 4. The van der Waals surface area contributed by atoms with Crippen LogP contribution in [0.1, 0.15) is 89.5 Å². The molecular formula is C24H37NO2. The predicted molar refractivity (Wildman–Crippen MR) is 113 cm³/mol. The van der Waals surface area contributed by atoms with E-state index in [9.17, 15) is 4.79 Å². The van der Waals surface area contributed by atoms with Crippen LogP contribution in [0.15, 0.2) is 48.8 Å². The van der Waals surface area contributed by atoms with Crippen molar-refractivity contribution >= 4 is 5.97 Å². The van der Waals surface area contributed by atoms with Crippen molar-refractivity contribution in [1.29, 1.82) is 0 Å². The molecular weight excluding hydrogens is 334 g/mol. The Morgan fingerprint density at radius 2 is 1.59 bits per heavy atom. The summed E-state index contributed by atoms with van der Waals surface area (Å²) in [5, 5.41) is 0. The third-order valence-electron chi connectivity index (χ3n) is 4.43. The lowest BCUT2D eigenvalue weighted by atomic mass is 10.1. The van der Waals surface area contributed by atoms with E-state index in [2.05, 4.69) is 36.2 Å². The van der Waals surface area contributed by atoms with E-state index in [1.807, 2.05) is 12.1 Å². The van der Waals surface area contributed by atoms with Crippen molar-refractivity contribution in [2.24, 2.45) is 0 Å². The minimum absolute atomic E-state index is 0.134. The number of carbonyl (C=O) groups is 1. The maximum absolute atomic E-state index is 11.7. The Morgan fingerprint density at radius 3 is 2.30 bits per heavy atom. The summed E-state index contributed by atoms with van der Waals surface area (Å²) < 4.78 is 5.24. The molecule has 0 fully saturated rings. The fourth-order valence-corrected chi connectivity index (χ4v) is 2.79. The fraction of sp³-hybridized carbons (Fsp3) is 0.583. The van der Waals surface area contributed by atoms with E-state index in [1.165, 1.54) is 44.9 Å². The van der Waals surface area contributed by atoms with Gasteiger partial charge in [0.2, 0.25) is 0 Å². The maximum Gasteiger partial charge on any atom is 0.306 e. The summed E-state index contributed by atoms with van der Waals surface area (Å²) in [6.07, 6.45) is 26.3. The molecule has 3 nitrogen and oxygen atoms in total. The summed E-state index contributed by atoms with van der Waals surface area (Å²) in [5.41, 5.74) is 0.926. The average molecular weight is 372 g/mol. The Bertz CT molecular complexity index is 522. The summed E-state index contributed by atoms with van der Waals surface area (Å²) in [4.78, 5) is 15.7. The van der Waals surface area contributed by atoms with Crippen LogP contribution in [0.5, 0.6) is 0 Å². The molecule has 0 aliphatic heterocycles. The van der Waals surface area contributed by atoms with Gasteiger partial charge in [0, 0.05) is 24.4 Å². The topological polar surface area (TPSA) is 39.2 Å². The van der Waals surface area contributed by atoms with E-state index >= 15 is 0 Å². The van der Waals surface area contributed by atoms with E-state index in [-0.39, 0.29) is 5.97 Å². The zero-order valence-electron chi connectivity index (χ0n) is 17.1. The van der Waals surface area contributed by atoms with Gasteiger partial charge in [-0.1, -0.05) is 69.4 Å². The molecule has 0 aromatic carbocycles. The largest absolute Gasteiger partial charge is 0.461 e. The van der Waals surface area contributed by atoms with Crippen LogP contribution < -0.4 is 0 Å². The average Bonchev–Trinajstić information content (AvgIpc) is 2.70. The molecule has 0 aliphatic rings. The van der Waals surface area contributed by atoms with Crippen LogP contribution in [0.2, 0.25) is 0 Å². The minimum Gasteiger partial charge on any atom is -0.461 e. The Morgan fingerprint density at radius 1 is 0.926 bits per heavy atom. The van der Waals surface area contributed by atoms with Gasteiger partial charge in [-0.15, -0.1) is 0 Å². The molecule has 150 valence electrons. The van der Waals surface area contributed by atoms with Gasteiger partial charge in [-0.2, -0.15) is 0 Å². The fourth-order valence-electron chi connectivity index (χ4n) is 2.79. The minimum atomic E-state index is -0.134. The zero-order valence-corrected chi connectivity index (χ0v) is 17.1. The summed E-state index contributed by atoms with van der Waals surface area (Å²) in [6, 6.07) is 3.75. The van der Waals surface area contributed by atoms with Gasteiger partial charge in [-0.25, -0.2) is 0 Å². The van der Waals surface area contributed by atoms with E-state index in [0.29, 0.717) is 13.0 Å². The van der Waals surface area contributed by atoms with Crippen LogP contribution in [0.25, 0.3) is 0 Å². The highest BCUT2D eigenvalue weighted by atomic mass is 16.5. The third-order valence-corrected chi connectivity index (χ3v) is 4.43. The first kappa shape index (κ1) is 23.1. The van der Waals surface area contributed by atoms with Gasteiger partial charge in [-0.05, 0) is 44.6 Å². The van der Waals surface area contributed by atoms with Gasteiger partial charge in [0.1, 0.15) is 6.61 Å². The first-order valence-electron chi connectivity index (χ1n) is 10.7. The molecule has 0 saturated heterocycles. The summed E-state index contributed by atoms with van der Waals surface area (Å²) in [6.45, 7) is 2.57. The second-order valence-corrected chi connectivity index (χ2v) is 6.99. The molecule has 0 bridgehead atoms. The van der Waals surface area contributed by atoms with Gasteiger partial charge in [0.15, 0.2) is 0 Å². The SMILES string of the molecule is CCCCCCCC/C=C\CC/C=C\CCCC(=O)OCc1cccnc1. The standard InChI is InChI=1S/C24H37NO2/c1-2-3-4-5-6-7-8-9-10-11-12-13-14-15-16-19-24(26)27-22-23-18-17-20-25-21-23/h9-10,13-14,17-18,20-21H,2-8,11-12,15-16,19,22H2,1H3/b10-9-,14-13-. The molecule has 0 N–H and O–H groups in total. The number of hydrogen-bond donors (Lipinski definition) is 0. The monoisotopic (exact) mass is 371 g/mol. The van der Waals surface area contributed by atoms with Crippen molar-refractivity contribution in [3.05, 3.63) is 54.4 Å². The van der Waals surface area contributed by atoms with Crippen molar-refractivity contribution < 1.29 is 9.53 Å². The molecule has 0 unspecified atom stereocenters. The molecule has 0 radical (unpaired) electrons.